The molecule has 0 bridgehead atoms. The third-order valence-corrected chi connectivity index (χ3v) is 4.63. The summed E-state index contributed by atoms with van der Waals surface area (Å²) in [5.41, 5.74) is 0. The Hall–Kier alpha value is -2.10. The van der Waals surface area contributed by atoms with Crippen molar-refractivity contribution in [1.82, 2.24) is 0 Å². The van der Waals surface area contributed by atoms with Crippen LogP contribution in [0.15, 0.2) is 58.3 Å². The van der Waals surface area contributed by atoms with Crippen LogP contribution in [0.1, 0.15) is 0 Å². The maximum absolute atomic E-state index is 12.0. The van der Waals surface area contributed by atoms with Gasteiger partial charge in [-0.1, -0.05) is 12.1 Å². The summed E-state index contributed by atoms with van der Waals surface area (Å²) in [6.45, 7) is 0. The molecule has 0 saturated heterocycles. The summed E-state index contributed by atoms with van der Waals surface area (Å²) in [7, 11) is -8.62. The Morgan fingerprint density at radius 2 is 1.43 bits per heavy atom. The minimum absolute atomic E-state index is 0.161. The molecule has 0 spiro atoms. The molecule has 9 heteroatoms. The number of benzene rings is 2. The molecule has 0 aromatic heterocycles. The summed E-state index contributed by atoms with van der Waals surface area (Å²) in [6.07, 6.45) is 0. The molecule has 112 valence electrons. The summed E-state index contributed by atoms with van der Waals surface area (Å²) in [5, 5.41) is 9.50. The smallest absolute Gasteiger partial charge is 0.342 e. The summed E-state index contributed by atoms with van der Waals surface area (Å²) in [4.78, 5) is -0.807. The van der Waals surface area contributed by atoms with Crippen LogP contribution in [0.3, 0.4) is 0 Å². The van der Waals surface area contributed by atoms with Crippen molar-refractivity contribution in [1.29, 1.82) is 0 Å². The lowest BCUT2D eigenvalue weighted by molar-refractivity contribution is 0.445. The predicted molar refractivity (Wildman–Crippen MR) is 72.2 cm³/mol. The summed E-state index contributed by atoms with van der Waals surface area (Å²) in [6, 6.07) is 9.35. The lowest BCUT2D eigenvalue weighted by Gasteiger charge is -2.08. The molecule has 0 amide bonds. The molecule has 2 aromatic rings. The first-order valence-corrected chi connectivity index (χ1v) is 8.35. The lowest BCUT2D eigenvalue weighted by Crippen LogP contribution is -2.10. The number of para-hydroxylation sites is 1. The Balaban J connectivity index is 2.32. The fraction of sp³-hybridized carbons (Fsp3) is 0. The van der Waals surface area contributed by atoms with E-state index in [-0.39, 0.29) is 5.75 Å². The molecule has 0 aliphatic carbocycles. The molecule has 2 aromatic carbocycles. The van der Waals surface area contributed by atoms with E-state index in [1.165, 1.54) is 18.2 Å². The van der Waals surface area contributed by atoms with E-state index in [0.29, 0.717) is 0 Å². The molecule has 21 heavy (non-hydrogen) atoms. The number of aromatic hydroxyl groups is 1. The van der Waals surface area contributed by atoms with Gasteiger partial charge >= 0.3 is 10.1 Å². The minimum atomic E-state index is -4.37. The predicted octanol–water partition coefficient (Wildman–Crippen LogP) is 1.41. The van der Waals surface area contributed by atoms with Gasteiger partial charge < -0.3 is 9.29 Å². The molecule has 0 saturated carbocycles. The van der Waals surface area contributed by atoms with E-state index in [4.69, 9.17) is 8.74 Å². The van der Waals surface area contributed by atoms with Gasteiger partial charge in [-0.2, -0.15) is 16.8 Å². The molecule has 2 rings (SSSR count). The molecule has 7 nitrogen and oxygen atoms in total. The Labute approximate surface area is 121 Å². The van der Waals surface area contributed by atoms with Gasteiger partial charge in [0.2, 0.25) is 0 Å². The van der Waals surface area contributed by atoms with Crippen LogP contribution in [0.4, 0.5) is 0 Å². The molecule has 2 N–H and O–H groups in total. The van der Waals surface area contributed by atoms with Crippen LogP contribution >= 0.6 is 0 Å². The largest absolute Gasteiger partial charge is 0.506 e. The molecule has 0 unspecified atom stereocenters. The van der Waals surface area contributed by atoms with Crippen LogP contribution in [0.25, 0.3) is 0 Å². The third kappa shape index (κ3) is 3.51. The summed E-state index contributed by atoms with van der Waals surface area (Å²) in [5.74, 6) is -0.627. The second-order valence-electron chi connectivity index (χ2n) is 3.95. The van der Waals surface area contributed by atoms with Crippen molar-refractivity contribution in [3.8, 4) is 11.5 Å². The number of phenolic OH excluding ortho intramolecular Hbond substituents is 1. The van der Waals surface area contributed by atoms with Gasteiger partial charge in [0.25, 0.3) is 10.1 Å². The van der Waals surface area contributed by atoms with Crippen LogP contribution < -0.4 is 4.18 Å². The van der Waals surface area contributed by atoms with Crippen molar-refractivity contribution in [3.63, 3.8) is 0 Å². The van der Waals surface area contributed by atoms with Gasteiger partial charge in [-0.25, -0.2) is 0 Å². The normalized spacial score (nSPS) is 12.0. The van der Waals surface area contributed by atoms with Gasteiger partial charge in [-0.3, -0.25) is 4.55 Å². The van der Waals surface area contributed by atoms with Crippen molar-refractivity contribution < 1.29 is 30.7 Å². The van der Waals surface area contributed by atoms with E-state index in [1.54, 1.807) is 0 Å². The van der Waals surface area contributed by atoms with Crippen molar-refractivity contribution >= 4 is 20.2 Å². The van der Waals surface area contributed by atoms with Crippen LogP contribution in [0.2, 0.25) is 0 Å². The fourth-order valence-corrected chi connectivity index (χ4v) is 3.01. The number of rotatable bonds is 4. The van der Waals surface area contributed by atoms with Crippen molar-refractivity contribution in [2.75, 3.05) is 0 Å². The van der Waals surface area contributed by atoms with E-state index in [0.717, 1.165) is 30.3 Å². The molecular formula is C12H10O7S2. The van der Waals surface area contributed by atoms with Crippen LogP contribution in [-0.2, 0) is 20.2 Å². The van der Waals surface area contributed by atoms with Crippen LogP contribution in [0, 0.1) is 0 Å². The van der Waals surface area contributed by atoms with Gasteiger partial charge in [0, 0.05) is 0 Å². The Morgan fingerprint density at radius 3 is 1.95 bits per heavy atom. The van der Waals surface area contributed by atoms with E-state index < -0.39 is 35.8 Å². The van der Waals surface area contributed by atoms with E-state index in [9.17, 15) is 21.9 Å². The molecule has 0 aliphatic heterocycles. The molecule has 0 atom stereocenters. The molecule has 0 radical (unpaired) electrons. The van der Waals surface area contributed by atoms with Crippen LogP contribution in [0.5, 0.6) is 11.5 Å². The fourth-order valence-electron chi connectivity index (χ4n) is 1.51. The molecular weight excluding hydrogens is 320 g/mol. The standard InChI is InChI=1S/C12H10O7S2/c13-11-3-1-2-4-12(11)21(17,18)19-9-5-7-10(8-6-9)20(14,15)16/h1-8,13H,(H,14,15,16). The van der Waals surface area contributed by atoms with Crippen molar-refractivity contribution in [2.24, 2.45) is 0 Å². The van der Waals surface area contributed by atoms with Crippen molar-refractivity contribution in [3.05, 3.63) is 48.5 Å². The highest BCUT2D eigenvalue weighted by molar-refractivity contribution is 7.87. The highest BCUT2D eigenvalue weighted by atomic mass is 32.2. The topological polar surface area (TPSA) is 118 Å². The first-order valence-electron chi connectivity index (χ1n) is 5.50. The summed E-state index contributed by atoms with van der Waals surface area (Å²) < 4.78 is 59.2. The van der Waals surface area contributed by atoms with E-state index in [1.807, 2.05) is 0 Å². The van der Waals surface area contributed by atoms with Crippen LogP contribution in [-0.4, -0.2) is 26.5 Å². The highest BCUT2D eigenvalue weighted by Crippen LogP contribution is 2.26. The van der Waals surface area contributed by atoms with Gasteiger partial charge in [0.1, 0.15) is 16.4 Å². The summed E-state index contributed by atoms with van der Waals surface area (Å²) >= 11 is 0. The zero-order valence-electron chi connectivity index (χ0n) is 10.4. The Kier molecular flexibility index (Phi) is 3.90. The lowest BCUT2D eigenvalue weighted by atomic mass is 10.3. The quantitative estimate of drug-likeness (QED) is 0.642. The molecule has 0 fully saturated rings. The number of phenols is 1. The average Bonchev–Trinajstić information content (AvgIpc) is 2.38. The second kappa shape index (κ2) is 5.35. The SMILES string of the molecule is O=S(=O)(O)c1ccc(OS(=O)(=O)c2ccccc2O)cc1. The molecule has 0 aliphatic rings. The first kappa shape index (κ1) is 15.3. The highest BCUT2D eigenvalue weighted by Gasteiger charge is 2.20. The maximum Gasteiger partial charge on any atom is 0.342 e. The van der Waals surface area contributed by atoms with E-state index in [2.05, 4.69) is 0 Å². The zero-order chi connectivity index (χ0) is 15.7. The average molecular weight is 330 g/mol. The maximum atomic E-state index is 12.0. The van der Waals surface area contributed by atoms with Crippen molar-refractivity contribution in [2.45, 2.75) is 9.79 Å². The van der Waals surface area contributed by atoms with E-state index >= 15 is 0 Å². The number of hydrogen-bond donors (Lipinski definition) is 2. The monoisotopic (exact) mass is 330 g/mol. The Morgan fingerprint density at radius 1 is 0.857 bits per heavy atom. The van der Waals surface area contributed by atoms with Gasteiger partial charge in [-0.05, 0) is 36.4 Å². The zero-order valence-corrected chi connectivity index (χ0v) is 12.0. The second-order valence-corrected chi connectivity index (χ2v) is 6.89. The molecule has 0 heterocycles. The van der Waals surface area contributed by atoms with Gasteiger partial charge in [-0.15, -0.1) is 0 Å². The minimum Gasteiger partial charge on any atom is -0.506 e. The first-order chi connectivity index (χ1) is 9.70. The van der Waals surface area contributed by atoms with Gasteiger partial charge in [0.05, 0.1) is 4.90 Å². The Bertz CT molecular complexity index is 853. The number of hydrogen-bond acceptors (Lipinski definition) is 6. The van der Waals surface area contributed by atoms with Gasteiger partial charge in [0.15, 0.2) is 0 Å². The third-order valence-electron chi connectivity index (χ3n) is 2.46.